The van der Waals surface area contributed by atoms with E-state index in [0.29, 0.717) is 0 Å². The van der Waals surface area contributed by atoms with E-state index in [4.69, 9.17) is 0 Å². The summed E-state index contributed by atoms with van der Waals surface area (Å²) in [5.41, 5.74) is 0. The molecule has 2 aromatic heterocycles. The second kappa shape index (κ2) is 5.98. The van der Waals surface area contributed by atoms with Crippen LogP contribution in [0.15, 0.2) is 37.2 Å². The zero-order valence-corrected chi connectivity index (χ0v) is 12.1. The molecule has 0 aromatic carbocycles. The van der Waals surface area contributed by atoms with Gasteiger partial charge in [0.25, 0.3) is 11.8 Å². The van der Waals surface area contributed by atoms with E-state index in [1.165, 1.54) is 12.4 Å². The van der Waals surface area contributed by atoms with Gasteiger partial charge in [-0.05, 0) is 0 Å². The van der Waals surface area contributed by atoms with Crippen LogP contribution in [-0.2, 0) is 20.2 Å². The van der Waals surface area contributed by atoms with Gasteiger partial charge in [0.15, 0.2) is 0 Å². The highest BCUT2D eigenvalue weighted by atomic mass is 32.3. The first-order valence-electron chi connectivity index (χ1n) is 5.26. The van der Waals surface area contributed by atoms with Gasteiger partial charge in [-0.25, -0.2) is 9.97 Å². The van der Waals surface area contributed by atoms with Crippen LogP contribution in [0.3, 0.4) is 0 Å². The summed E-state index contributed by atoms with van der Waals surface area (Å²) in [7, 11) is -10.4. The predicted octanol–water partition coefficient (Wildman–Crippen LogP) is -0.496. The summed E-state index contributed by atoms with van der Waals surface area (Å²) in [6.45, 7) is 0. The summed E-state index contributed by atoms with van der Waals surface area (Å²) in [6.07, 6.45) is 6.35. The Morgan fingerprint density at radius 3 is 1.50 bits per heavy atom. The van der Waals surface area contributed by atoms with E-state index in [9.17, 15) is 21.6 Å². The predicted molar refractivity (Wildman–Crippen MR) is 68.6 cm³/mol. The lowest BCUT2D eigenvalue weighted by atomic mass is 10.7. The minimum absolute atomic E-state index is 0.578. The van der Waals surface area contributed by atoms with E-state index in [1.54, 1.807) is 0 Å². The zero-order chi connectivity index (χ0) is 16.2. The second-order valence-electron chi connectivity index (χ2n) is 3.41. The van der Waals surface area contributed by atoms with Crippen LogP contribution >= 0.6 is 0 Å². The number of carbonyl (C=O) groups is 1. The molecule has 0 aliphatic rings. The Labute approximate surface area is 124 Å². The molecule has 2 heterocycles. The van der Waals surface area contributed by atoms with Crippen LogP contribution in [0.5, 0.6) is 11.8 Å². The number of hydrogen-bond acceptors (Lipinski definition) is 11. The standard InChI is InChI=1S/C9H6N4O7S2/c14-9(21(15,16)19-7-5-10-1-3-12-7)22(17,18)20-8-6-11-2-4-13-8/h1-6H. The van der Waals surface area contributed by atoms with Crippen molar-refractivity contribution in [3.63, 3.8) is 0 Å². The van der Waals surface area contributed by atoms with Crippen molar-refractivity contribution in [2.75, 3.05) is 0 Å². The number of hydrogen-bond donors (Lipinski definition) is 0. The Balaban J connectivity index is 2.22. The van der Waals surface area contributed by atoms with Crippen LogP contribution in [0.4, 0.5) is 4.79 Å². The molecule has 0 aliphatic heterocycles. The van der Waals surface area contributed by atoms with Crippen LogP contribution < -0.4 is 8.37 Å². The summed E-state index contributed by atoms with van der Waals surface area (Å²) in [5, 5.41) is 0. The van der Waals surface area contributed by atoms with Gasteiger partial charge < -0.3 is 8.37 Å². The highest BCUT2D eigenvalue weighted by Gasteiger charge is 2.40. The van der Waals surface area contributed by atoms with Gasteiger partial charge in [0.05, 0.1) is 12.4 Å². The molecule has 116 valence electrons. The van der Waals surface area contributed by atoms with Crippen LogP contribution in [0.25, 0.3) is 0 Å². The van der Waals surface area contributed by atoms with E-state index in [-0.39, 0.29) is 0 Å². The zero-order valence-electron chi connectivity index (χ0n) is 10.4. The summed E-state index contributed by atoms with van der Waals surface area (Å²) in [6, 6.07) is 0. The number of aromatic nitrogens is 4. The summed E-state index contributed by atoms with van der Waals surface area (Å²) >= 11 is 0. The fourth-order valence-electron chi connectivity index (χ4n) is 1.07. The summed E-state index contributed by atoms with van der Waals surface area (Å²) in [4.78, 5) is 25.4. The normalized spacial score (nSPS) is 11.6. The van der Waals surface area contributed by atoms with Gasteiger partial charge in [0.2, 0.25) is 0 Å². The number of rotatable bonds is 4. The van der Waals surface area contributed by atoms with Crippen LogP contribution in [-0.4, -0.2) is 41.2 Å². The first-order chi connectivity index (χ1) is 10.3. The maximum Gasteiger partial charge on any atom is 0.435 e. The maximum absolute atomic E-state index is 11.6. The molecule has 2 rings (SSSR count). The topological polar surface area (TPSA) is 155 Å². The van der Waals surface area contributed by atoms with Crippen molar-refractivity contribution >= 4 is 24.7 Å². The largest absolute Gasteiger partial charge is 0.435 e. The average Bonchev–Trinajstić information content (AvgIpc) is 2.47. The smallest absolute Gasteiger partial charge is 0.354 e. The number of carbonyl (C=O) groups excluding carboxylic acids is 1. The highest BCUT2D eigenvalue weighted by Crippen LogP contribution is 2.14. The Morgan fingerprint density at radius 2 is 1.18 bits per heavy atom. The van der Waals surface area contributed by atoms with Gasteiger partial charge in [0.1, 0.15) is 0 Å². The van der Waals surface area contributed by atoms with Crippen molar-refractivity contribution < 1.29 is 30.0 Å². The fraction of sp³-hybridized carbons (Fsp3) is 0. The summed E-state index contributed by atoms with van der Waals surface area (Å²) < 4.78 is 52.6. The van der Waals surface area contributed by atoms with Crippen LogP contribution in [0.1, 0.15) is 0 Å². The SMILES string of the molecule is O=C(S(=O)(=O)Oc1cnccn1)S(=O)(=O)Oc1cnccn1. The average molecular weight is 346 g/mol. The number of nitrogens with zero attached hydrogens (tertiary/aromatic N) is 4. The molecule has 0 bridgehead atoms. The minimum Gasteiger partial charge on any atom is -0.354 e. The second-order valence-corrected chi connectivity index (χ2v) is 6.56. The minimum atomic E-state index is -5.19. The van der Waals surface area contributed by atoms with Gasteiger partial charge >= 0.3 is 24.7 Å². The fourth-order valence-corrected chi connectivity index (χ4v) is 3.04. The van der Waals surface area contributed by atoms with Crippen molar-refractivity contribution in [2.24, 2.45) is 0 Å². The van der Waals surface area contributed by atoms with Gasteiger partial charge in [-0.1, -0.05) is 0 Å². The third-order valence-electron chi connectivity index (χ3n) is 1.88. The molecule has 0 saturated carbocycles. The molecular weight excluding hydrogens is 340 g/mol. The van der Waals surface area contributed by atoms with E-state index in [2.05, 4.69) is 28.3 Å². The molecule has 0 fully saturated rings. The molecule has 0 spiro atoms. The molecule has 0 aliphatic carbocycles. The van der Waals surface area contributed by atoms with E-state index >= 15 is 0 Å². The first kappa shape index (κ1) is 15.7. The van der Waals surface area contributed by atoms with Gasteiger partial charge in [-0.15, -0.1) is 0 Å². The first-order valence-corrected chi connectivity index (χ1v) is 8.08. The van der Waals surface area contributed by atoms with Crippen molar-refractivity contribution in [2.45, 2.75) is 0 Å². The molecule has 22 heavy (non-hydrogen) atoms. The lowest BCUT2D eigenvalue weighted by molar-refractivity contribution is 0.268. The third kappa shape index (κ3) is 3.70. The third-order valence-corrected chi connectivity index (χ3v) is 4.70. The Bertz CT molecular complexity index is 795. The van der Waals surface area contributed by atoms with E-state index < -0.39 is 36.4 Å². The molecule has 0 saturated heterocycles. The van der Waals surface area contributed by atoms with Crippen molar-refractivity contribution in [1.82, 2.24) is 19.9 Å². The highest BCUT2D eigenvalue weighted by molar-refractivity contribution is 8.27. The molecule has 0 radical (unpaired) electrons. The maximum atomic E-state index is 11.6. The van der Waals surface area contributed by atoms with E-state index in [1.807, 2.05) is 0 Å². The summed E-state index contributed by atoms with van der Waals surface area (Å²) in [5.74, 6) is -1.16. The lowest BCUT2D eigenvalue weighted by Gasteiger charge is -2.05. The molecular formula is C9H6N4O7S2. The monoisotopic (exact) mass is 346 g/mol. The quantitative estimate of drug-likeness (QED) is 0.658. The van der Waals surface area contributed by atoms with Crippen molar-refractivity contribution in [1.29, 1.82) is 0 Å². The van der Waals surface area contributed by atoms with Gasteiger partial charge in [0, 0.05) is 24.8 Å². The Morgan fingerprint density at radius 1 is 0.773 bits per heavy atom. The van der Waals surface area contributed by atoms with Gasteiger partial charge in [-0.3, -0.25) is 14.8 Å². The lowest BCUT2D eigenvalue weighted by Crippen LogP contribution is -2.30. The van der Waals surface area contributed by atoms with Gasteiger partial charge in [-0.2, -0.15) is 16.8 Å². The molecule has 0 N–H and O–H groups in total. The van der Waals surface area contributed by atoms with Crippen LogP contribution in [0.2, 0.25) is 0 Å². The van der Waals surface area contributed by atoms with Crippen molar-refractivity contribution in [3.05, 3.63) is 37.2 Å². The molecule has 2 aromatic rings. The Kier molecular flexibility index (Phi) is 4.27. The van der Waals surface area contributed by atoms with Crippen LogP contribution in [0, 0.1) is 0 Å². The molecule has 11 nitrogen and oxygen atoms in total. The van der Waals surface area contributed by atoms with E-state index in [0.717, 1.165) is 24.8 Å². The molecule has 13 heteroatoms. The van der Waals surface area contributed by atoms with Crippen molar-refractivity contribution in [3.8, 4) is 11.8 Å². The Hall–Kier alpha value is -2.67. The molecule has 0 amide bonds. The molecule has 0 unspecified atom stereocenters. The molecule has 0 atom stereocenters.